The van der Waals surface area contributed by atoms with E-state index in [4.69, 9.17) is 4.74 Å². The normalized spacial score (nSPS) is 16.6. The summed E-state index contributed by atoms with van der Waals surface area (Å²) in [7, 11) is 3.54. The predicted molar refractivity (Wildman–Crippen MR) is 143 cm³/mol. The number of nitrogens with zero attached hydrogens (tertiary/aromatic N) is 4. The Kier molecular flexibility index (Phi) is 9.22. The van der Waals surface area contributed by atoms with Gasteiger partial charge < -0.3 is 24.8 Å². The maximum Gasteiger partial charge on any atom is 0.222 e. The summed E-state index contributed by atoms with van der Waals surface area (Å²) in [6.07, 6.45) is 1.64. The Morgan fingerprint density at radius 1 is 1.03 bits per heavy atom. The topological polar surface area (TPSA) is 60.4 Å². The van der Waals surface area contributed by atoms with Crippen LogP contribution < -0.4 is 15.0 Å². The van der Waals surface area contributed by atoms with Crippen LogP contribution in [0.2, 0.25) is 0 Å². The standard InChI is InChI=1S/C25H33N5O2.HI/c1-26-25(29-15-13-28(14-16-29)22-9-5-10-23(17-22)32-2)27-18-20-7-3-4-8-21(20)19-30-12-6-11-24(30)31;/h3-5,7-10,17H,6,11-16,18-19H2,1-2H3,(H,26,27);1H. The smallest absolute Gasteiger partial charge is 0.222 e. The summed E-state index contributed by atoms with van der Waals surface area (Å²) in [4.78, 5) is 23.2. The lowest BCUT2D eigenvalue weighted by atomic mass is 10.1. The number of hydrogen-bond acceptors (Lipinski definition) is 4. The fraction of sp³-hybridized carbons (Fsp3) is 0.440. The van der Waals surface area contributed by atoms with E-state index >= 15 is 0 Å². The summed E-state index contributed by atoms with van der Waals surface area (Å²) in [5.41, 5.74) is 3.61. The minimum atomic E-state index is 0. The van der Waals surface area contributed by atoms with Gasteiger partial charge in [-0.25, -0.2) is 0 Å². The number of benzene rings is 2. The first kappa shape index (κ1) is 25.1. The van der Waals surface area contributed by atoms with Crippen LogP contribution in [0.5, 0.6) is 5.75 Å². The van der Waals surface area contributed by atoms with Gasteiger partial charge in [0.2, 0.25) is 5.91 Å². The van der Waals surface area contributed by atoms with E-state index in [2.05, 4.69) is 50.4 Å². The number of ether oxygens (including phenoxy) is 1. The van der Waals surface area contributed by atoms with Crippen molar-refractivity contribution in [3.05, 3.63) is 59.7 Å². The van der Waals surface area contributed by atoms with Gasteiger partial charge in [0.1, 0.15) is 5.75 Å². The number of halogens is 1. The van der Waals surface area contributed by atoms with Crippen molar-refractivity contribution in [3.63, 3.8) is 0 Å². The van der Waals surface area contributed by atoms with Gasteiger partial charge in [0.15, 0.2) is 5.96 Å². The number of rotatable bonds is 6. The lowest BCUT2D eigenvalue weighted by Gasteiger charge is -2.37. The first-order chi connectivity index (χ1) is 15.7. The van der Waals surface area contributed by atoms with E-state index in [1.165, 1.54) is 16.8 Å². The van der Waals surface area contributed by atoms with Crippen molar-refractivity contribution in [1.82, 2.24) is 15.1 Å². The third kappa shape index (κ3) is 6.31. The number of nitrogens with one attached hydrogen (secondary N) is 1. The van der Waals surface area contributed by atoms with Crippen LogP contribution in [-0.4, -0.2) is 68.5 Å². The van der Waals surface area contributed by atoms with Crippen LogP contribution in [0, 0.1) is 0 Å². The average Bonchev–Trinajstić information content (AvgIpc) is 3.25. The molecule has 2 fully saturated rings. The Morgan fingerprint density at radius 2 is 1.79 bits per heavy atom. The molecule has 2 aromatic rings. The molecule has 1 N–H and O–H groups in total. The minimum Gasteiger partial charge on any atom is -0.497 e. The number of carbonyl (C=O) groups is 1. The number of piperazine rings is 1. The van der Waals surface area contributed by atoms with Crippen molar-refractivity contribution in [2.24, 2.45) is 4.99 Å². The van der Waals surface area contributed by atoms with Gasteiger partial charge in [-0.1, -0.05) is 30.3 Å². The molecule has 0 aliphatic carbocycles. The predicted octanol–water partition coefficient (Wildman–Crippen LogP) is 3.33. The molecule has 1 amide bonds. The van der Waals surface area contributed by atoms with Crippen molar-refractivity contribution in [2.75, 3.05) is 51.8 Å². The van der Waals surface area contributed by atoms with Gasteiger partial charge in [-0.3, -0.25) is 9.79 Å². The number of aliphatic imine (C=N–C) groups is 1. The number of amides is 1. The van der Waals surface area contributed by atoms with Gasteiger partial charge in [-0.15, -0.1) is 24.0 Å². The van der Waals surface area contributed by atoms with E-state index in [0.29, 0.717) is 19.5 Å². The monoisotopic (exact) mass is 563 g/mol. The summed E-state index contributed by atoms with van der Waals surface area (Å²) >= 11 is 0. The summed E-state index contributed by atoms with van der Waals surface area (Å²) in [6.45, 7) is 5.92. The Balaban J connectivity index is 0.00000306. The molecule has 2 aromatic carbocycles. The zero-order chi connectivity index (χ0) is 22.3. The van der Waals surface area contributed by atoms with Crippen LogP contribution in [0.15, 0.2) is 53.5 Å². The SMILES string of the molecule is CN=C(NCc1ccccc1CN1CCCC1=O)N1CCN(c2cccc(OC)c2)CC1.I. The highest BCUT2D eigenvalue weighted by Gasteiger charge is 2.22. The third-order valence-corrected chi connectivity index (χ3v) is 6.30. The molecule has 4 rings (SSSR count). The van der Waals surface area contributed by atoms with E-state index in [1.807, 2.05) is 30.1 Å². The van der Waals surface area contributed by atoms with Crippen LogP contribution >= 0.6 is 24.0 Å². The van der Waals surface area contributed by atoms with Crippen LogP contribution in [0.3, 0.4) is 0 Å². The van der Waals surface area contributed by atoms with E-state index in [9.17, 15) is 4.79 Å². The fourth-order valence-corrected chi connectivity index (χ4v) is 4.45. The number of guanidine groups is 1. The number of anilines is 1. The quantitative estimate of drug-likeness (QED) is 0.332. The summed E-state index contributed by atoms with van der Waals surface area (Å²) in [5, 5.41) is 3.54. The summed E-state index contributed by atoms with van der Waals surface area (Å²) < 4.78 is 5.37. The molecule has 33 heavy (non-hydrogen) atoms. The van der Waals surface area contributed by atoms with E-state index in [0.717, 1.165) is 50.9 Å². The highest BCUT2D eigenvalue weighted by atomic mass is 127. The number of methoxy groups -OCH3 is 1. The molecule has 0 bridgehead atoms. The Hall–Kier alpha value is -2.49. The number of likely N-dealkylation sites (tertiary alicyclic amines) is 1. The number of hydrogen-bond donors (Lipinski definition) is 1. The van der Waals surface area contributed by atoms with Gasteiger partial charge in [0.25, 0.3) is 0 Å². The van der Waals surface area contributed by atoms with Crippen LogP contribution in [0.1, 0.15) is 24.0 Å². The maximum absolute atomic E-state index is 12.0. The lowest BCUT2D eigenvalue weighted by Crippen LogP contribution is -2.52. The first-order valence-corrected chi connectivity index (χ1v) is 11.4. The van der Waals surface area contributed by atoms with Crippen molar-refractivity contribution < 1.29 is 9.53 Å². The zero-order valence-corrected chi connectivity index (χ0v) is 21.8. The molecule has 178 valence electrons. The van der Waals surface area contributed by atoms with Crippen LogP contribution in [0.25, 0.3) is 0 Å². The molecule has 0 unspecified atom stereocenters. The van der Waals surface area contributed by atoms with Crippen molar-refractivity contribution in [2.45, 2.75) is 25.9 Å². The second kappa shape index (κ2) is 12.1. The van der Waals surface area contributed by atoms with Crippen LogP contribution in [-0.2, 0) is 17.9 Å². The van der Waals surface area contributed by atoms with Gasteiger partial charge >= 0.3 is 0 Å². The average molecular weight is 563 g/mol. The minimum absolute atomic E-state index is 0. The molecule has 2 saturated heterocycles. The van der Waals surface area contributed by atoms with E-state index < -0.39 is 0 Å². The highest BCUT2D eigenvalue weighted by molar-refractivity contribution is 14.0. The highest BCUT2D eigenvalue weighted by Crippen LogP contribution is 2.22. The summed E-state index contributed by atoms with van der Waals surface area (Å²) in [6, 6.07) is 16.6. The number of carbonyl (C=O) groups excluding carboxylic acids is 1. The Bertz CT molecular complexity index is 959. The largest absolute Gasteiger partial charge is 0.497 e. The summed E-state index contributed by atoms with van der Waals surface area (Å²) in [5.74, 6) is 2.07. The second-order valence-corrected chi connectivity index (χ2v) is 8.26. The van der Waals surface area contributed by atoms with Crippen molar-refractivity contribution >= 4 is 41.5 Å². The molecule has 2 heterocycles. The molecule has 2 aliphatic rings. The van der Waals surface area contributed by atoms with Crippen molar-refractivity contribution in [1.29, 1.82) is 0 Å². The van der Waals surface area contributed by atoms with Gasteiger partial charge in [-0.05, 0) is 29.7 Å². The second-order valence-electron chi connectivity index (χ2n) is 8.26. The molecule has 8 heteroatoms. The van der Waals surface area contributed by atoms with Crippen LogP contribution in [0.4, 0.5) is 5.69 Å². The lowest BCUT2D eigenvalue weighted by molar-refractivity contribution is -0.128. The molecule has 2 aliphatic heterocycles. The molecular weight excluding hydrogens is 529 g/mol. The maximum atomic E-state index is 12.0. The molecule has 0 radical (unpaired) electrons. The third-order valence-electron chi connectivity index (χ3n) is 6.30. The molecule has 0 atom stereocenters. The first-order valence-electron chi connectivity index (χ1n) is 11.4. The zero-order valence-electron chi connectivity index (χ0n) is 19.5. The van der Waals surface area contributed by atoms with E-state index in [-0.39, 0.29) is 29.9 Å². The molecule has 0 spiro atoms. The molecular formula is C25H34IN5O2. The van der Waals surface area contributed by atoms with Gasteiger partial charge in [0.05, 0.1) is 7.11 Å². The molecule has 0 aromatic heterocycles. The van der Waals surface area contributed by atoms with Crippen molar-refractivity contribution in [3.8, 4) is 5.75 Å². The fourth-order valence-electron chi connectivity index (χ4n) is 4.45. The Labute approximate surface area is 213 Å². The van der Waals surface area contributed by atoms with Gasteiger partial charge in [0, 0.05) is 71.0 Å². The van der Waals surface area contributed by atoms with E-state index in [1.54, 1.807) is 7.11 Å². The van der Waals surface area contributed by atoms with Gasteiger partial charge in [-0.2, -0.15) is 0 Å². The molecule has 0 saturated carbocycles. The molecule has 7 nitrogen and oxygen atoms in total. The Morgan fingerprint density at radius 3 is 2.45 bits per heavy atom.